The summed E-state index contributed by atoms with van der Waals surface area (Å²) < 4.78 is 69.1. The van der Waals surface area contributed by atoms with Gasteiger partial charge in [0.25, 0.3) is 5.91 Å². The number of benzene rings is 2. The number of aliphatic hydroxyl groups excluding tert-OH is 1. The van der Waals surface area contributed by atoms with E-state index in [4.69, 9.17) is 5.11 Å². The van der Waals surface area contributed by atoms with Gasteiger partial charge in [-0.15, -0.1) is 0 Å². The van der Waals surface area contributed by atoms with Gasteiger partial charge < -0.3 is 10.4 Å². The van der Waals surface area contributed by atoms with Crippen molar-refractivity contribution in [2.24, 2.45) is 5.92 Å². The van der Waals surface area contributed by atoms with Crippen molar-refractivity contribution in [2.45, 2.75) is 24.2 Å². The van der Waals surface area contributed by atoms with Gasteiger partial charge in [0.15, 0.2) is 0 Å². The Hall–Kier alpha value is -1.95. The number of piperidine rings is 1. The Morgan fingerprint density at radius 3 is 2.39 bits per heavy atom. The third-order valence-electron chi connectivity index (χ3n) is 5.17. The molecule has 3 rings (SSSR count). The number of carbonyl (C=O) groups is 1. The average Bonchev–Trinajstić information content (AvgIpc) is 2.71. The second-order valence-corrected chi connectivity index (χ2v) is 9.97. The Morgan fingerprint density at radius 2 is 1.77 bits per heavy atom. The lowest BCUT2D eigenvalue weighted by atomic mass is 9.95. The second-order valence-electron chi connectivity index (χ2n) is 7.21. The number of nitrogens with zero attached hydrogens (tertiary/aromatic N) is 1. The molecule has 1 saturated heterocycles. The first-order valence-corrected chi connectivity index (χ1v) is 11.7. The second kappa shape index (κ2) is 9.68. The van der Waals surface area contributed by atoms with Crippen molar-refractivity contribution < 1.29 is 31.5 Å². The number of nitrogens with one attached hydrogen (secondary N) is 1. The summed E-state index contributed by atoms with van der Waals surface area (Å²) in [6.45, 7) is 0.275. The number of hydrogen-bond acceptors (Lipinski definition) is 4. The number of halogens is 4. The predicted octanol–water partition coefficient (Wildman–Crippen LogP) is 3.90. The van der Waals surface area contributed by atoms with Gasteiger partial charge in [0.2, 0.25) is 10.0 Å². The molecule has 2 N–H and O–H groups in total. The molecular weight excluding hydrogens is 501 g/mol. The molecule has 168 valence electrons. The molecule has 0 aliphatic carbocycles. The highest BCUT2D eigenvalue weighted by Gasteiger charge is 2.32. The maximum Gasteiger partial charge on any atom is 0.258 e. The summed E-state index contributed by atoms with van der Waals surface area (Å²) in [7, 11) is -4.30. The molecule has 1 aliphatic rings. The largest absolute Gasteiger partial charge is 0.396 e. The first-order chi connectivity index (χ1) is 14.6. The van der Waals surface area contributed by atoms with Crippen LogP contribution in [-0.4, -0.2) is 43.4 Å². The van der Waals surface area contributed by atoms with E-state index in [9.17, 15) is 26.4 Å². The maximum absolute atomic E-state index is 14.4. The van der Waals surface area contributed by atoms with Crippen LogP contribution in [0.2, 0.25) is 0 Å². The van der Waals surface area contributed by atoms with E-state index in [0.29, 0.717) is 31.4 Å². The predicted molar refractivity (Wildman–Crippen MR) is 112 cm³/mol. The standard InChI is InChI=1S/C20H20BrF3N2O4S/c21-15-9-13(1-2-16(15)22)25-20(28)14-10-19(18(24)11-17(14)23)31(29,30)26-6-3-12(4-7-26)5-8-27/h1-2,9-12,27H,3-8H2,(H,25,28). The number of aliphatic hydroxyl groups is 1. The van der Waals surface area contributed by atoms with Gasteiger partial charge in [0.05, 0.1) is 10.0 Å². The Balaban J connectivity index is 1.86. The van der Waals surface area contributed by atoms with Crippen molar-refractivity contribution in [1.82, 2.24) is 4.31 Å². The average molecular weight is 521 g/mol. The third-order valence-corrected chi connectivity index (χ3v) is 7.69. The molecule has 1 fully saturated rings. The van der Waals surface area contributed by atoms with Gasteiger partial charge in [-0.2, -0.15) is 4.31 Å². The van der Waals surface area contributed by atoms with Crippen molar-refractivity contribution in [1.29, 1.82) is 0 Å². The molecule has 0 aromatic heterocycles. The van der Waals surface area contributed by atoms with Gasteiger partial charge in [-0.05, 0) is 65.4 Å². The van der Waals surface area contributed by atoms with E-state index in [2.05, 4.69) is 21.2 Å². The summed E-state index contributed by atoms with van der Waals surface area (Å²) >= 11 is 2.96. The molecule has 11 heteroatoms. The minimum Gasteiger partial charge on any atom is -0.396 e. The number of anilines is 1. The molecule has 0 saturated carbocycles. The van der Waals surface area contributed by atoms with Crippen LogP contribution in [0.1, 0.15) is 29.6 Å². The van der Waals surface area contributed by atoms with E-state index in [1.807, 2.05) is 0 Å². The molecule has 2 aromatic carbocycles. The number of amides is 1. The van der Waals surface area contributed by atoms with E-state index in [1.165, 1.54) is 12.1 Å². The lowest BCUT2D eigenvalue weighted by Gasteiger charge is -2.31. The van der Waals surface area contributed by atoms with Gasteiger partial charge in [0, 0.05) is 31.5 Å². The molecule has 1 heterocycles. The van der Waals surface area contributed by atoms with Gasteiger partial charge in [0.1, 0.15) is 22.3 Å². The van der Waals surface area contributed by atoms with Crippen LogP contribution in [0, 0.1) is 23.4 Å². The van der Waals surface area contributed by atoms with Crippen LogP contribution in [0.15, 0.2) is 39.7 Å². The molecule has 0 bridgehead atoms. The molecule has 0 spiro atoms. The number of hydrogen-bond donors (Lipinski definition) is 2. The van der Waals surface area contributed by atoms with Crippen molar-refractivity contribution in [2.75, 3.05) is 25.0 Å². The van der Waals surface area contributed by atoms with Crippen molar-refractivity contribution in [3.05, 3.63) is 57.8 Å². The van der Waals surface area contributed by atoms with E-state index in [-0.39, 0.29) is 35.8 Å². The fourth-order valence-electron chi connectivity index (χ4n) is 3.43. The summed E-state index contributed by atoms with van der Waals surface area (Å²) in [6, 6.07) is 4.61. The topological polar surface area (TPSA) is 86.7 Å². The molecule has 6 nitrogen and oxygen atoms in total. The molecule has 0 unspecified atom stereocenters. The number of sulfonamides is 1. The zero-order chi connectivity index (χ0) is 22.8. The van der Waals surface area contributed by atoms with Crippen LogP contribution >= 0.6 is 15.9 Å². The molecule has 2 aromatic rings. The summed E-state index contributed by atoms with van der Waals surface area (Å²) in [4.78, 5) is 11.7. The first-order valence-electron chi connectivity index (χ1n) is 9.50. The lowest BCUT2D eigenvalue weighted by Crippen LogP contribution is -2.39. The van der Waals surface area contributed by atoms with Crippen LogP contribution in [0.3, 0.4) is 0 Å². The van der Waals surface area contributed by atoms with Crippen molar-refractivity contribution in [3.8, 4) is 0 Å². The highest BCUT2D eigenvalue weighted by atomic mass is 79.9. The van der Waals surface area contributed by atoms with E-state index in [1.54, 1.807) is 0 Å². The summed E-state index contributed by atoms with van der Waals surface area (Å²) in [5, 5.41) is 11.4. The maximum atomic E-state index is 14.4. The molecule has 0 radical (unpaired) electrons. The highest BCUT2D eigenvalue weighted by Crippen LogP contribution is 2.29. The fourth-order valence-corrected chi connectivity index (χ4v) is 5.35. The molecule has 0 atom stereocenters. The highest BCUT2D eigenvalue weighted by molar-refractivity contribution is 9.10. The zero-order valence-electron chi connectivity index (χ0n) is 16.2. The Morgan fingerprint density at radius 1 is 1.10 bits per heavy atom. The van der Waals surface area contributed by atoms with E-state index in [0.717, 1.165) is 10.4 Å². The quantitative estimate of drug-likeness (QED) is 0.604. The van der Waals surface area contributed by atoms with Crippen LogP contribution in [-0.2, 0) is 10.0 Å². The van der Waals surface area contributed by atoms with E-state index < -0.39 is 43.8 Å². The minimum atomic E-state index is -4.30. The van der Waals surface area contributed by atoms with Crippen molar-refractivity contribution >= 4 is 37.5 Å². The third kappa shape index (κ3) is 5.28. The first kappa shape index (κ1) is 23.7. The number of rotatable bonds is 6. The molecule has 31 heavy (non-hydrogen) atoms. The summed E-state index contributed by atoms with van der Waals surface area (Å²) in [5.41, 5.74) is -0.520. The van der Waals surface area contributed by atoms with Gasteiger partial charge >= 0.3 is 0 Å². The summed E-state index contributed by atoms with van der Waals surface area (Å²) in [5.74, 6) is -3.92. The normalized spacial score (nSPS) is 15.8. The Bertz CT molecular complexity index is 1090. The number of carbonyl (C=O) groups excluding carboxylic acids is 1. The SMILES string of the molecule is O=C(Nc1ccc(F)c(Br)c1)c1cc(S(=O)(=O)N2CCC(CCO)CC2)c(F)cc1F. The van der Waals surface area contributed by atoms with E-state index >= 15 is 0 Å². The molecular formula is C20H20BrF3N2O4S. The van der Waals surface area contributed by atoms with Crippen LogP contribution in [0.4, 0.5) is 18.9 Å². The fraction of sp³-hybridized carbons (Fsp3) is 0.350. The van der Waals surface area contributed by atoms with Crippen LogP contribution in [0.25, 0.3) is 0 Å². The summed E-state index contributed by atoms with van der Waals surface area (Å²) in [6.07, 6.45) is 1.58. The molecule has 1 aliphatic heterocycles. The van der Waals surface area contributed by atoms with Gasteiger partial charge in [-0.3, -0.25) is 4.79 Å². The Labute approximate surface area is 186 Å². The van der Waals surface area contributed by atoms with Gasteiger partial charge in [-0.25, -0.2) is 21.6 Å². The van der Waals surface area contributed by atoms with Gasteiger partial charge in [-0.1, -0.05) is 0 Å². The lowest BCUT2D eigenvalue weighted by molar-refractivity contribution is 0.102. The smallest absolute Gasteiger partial charge is 0.258 e. The Kier molecular flexibility index (Phi) is 7.40. The zero-order valence-corrected chi connectivity index (χ0v) is 18.6. The monoisotopic (exact) mass is 520 g/mol. The minimum absolute atomic E-state index is 0.00705. The molecule has 1 amide bonds. The van der Waals surface area contributed by atoms with Crippen LogP contribution < -0.4 is 5.32 Å². The van der Waals surface area contributed by atoms with Crippen molar-refractivity contribution in [3.63, 3.8) is 0 Å². The van der Waals surface area contributed by atoms with Crippen LogP contribution in [0.5, 0.6) is 0 Å².